The number of aliphatic carboxylic acids is 1. The van der Waals surface area contributed by atoms with E-state index in [0.717, 1.165) is 10.5 Å². The van der Waals surface area contributed by atoms with Crippen LogP contribution in [0.1, 0.15) is 6.92 Å². The van der Waals surface area contributed by atoms with Gasteiger partial charge in [-0.1, -0.05) is 15.9 Å². The van der Waals surface area contributed by atoms with Crippen molar-refractivity contribution in [2.45, 2.75) is 6.92 Å². The maximum Gasteiger partial charge on any atom is 0.328 e. The first kappa shape index (κ1) is 13.6. The van der Waals surface area contributed by atoms with Gasteiger partial charge in [-0.3, -0.25) is 4.79 Å². The summed E-state index contributed by atoms with van der Waals surface area (Å²) >= 11 is 3.34. The number of fused-ring (bicyclic) bond motifs is 1. The average Bonchev–Trinajstić information content (AvgIpc) is 2.32. The van der Waals surface area contributed by atoms with Gasteiger partial charge in [0, 0.05) is 17.1 Å². The molecule has 0 saturated carbocycles. The fourth-order valence-corrected chi connectivity index (χ4v) is 2.20. The van der Waals surface area contributed by atoms with E-state index >= 15 is 0 Å². The highest BCUT2D eigenvalue weighted by Crippen LogP contribution is 2.34. The summed E-state index contributed by atoms with van der Waals surface area (Å²) in [6.07, 6.45) is 1.10. The van der Waals surface area contributed by atoms with Gasteiger partial charge in [0.15, 0.2) is 6.61 Å². The Bertz CT molecular complexity index is 568. The normalized spacial score (nSPS) is 14.9. The molecule has 1 heterocycles. The second-order valence-electron chi connectivity index (χ2n) is 4.21. The molecule has 1 N–H and O–H groups in total. The molecule has 5 nitrogen and oxygen atoms in total. The van der Waals surface area contributed by atoms with Crippen molar-refractivity contribution in [2.24, 2.45) is 0 Å². The van der Waals surface area contributed by atoms with Crippen molar-refractivity contribution in [1.82, 2.24) is 0 Å². The molecule has 100 valence electrons. The molecule has 0 atom stereocenters. The molecule has 1 amide bonds. The van der Waals surface area contributed by atoms with Gasteiger partial charge in [0.25, 0.3) is 5.91 Å². The quantitative estimate of drug-likeness (QED) is 0.865. The van der Waals surface area contributed by atoms with Crippen LogP contribution in [0.25, 0.3) is 0 Å². The molecule has 0 radical (unpaired) electrons. The Morgan fingerprint density at radius 1 is 1.58 bits per heavy atom. The lowest BCUT2D eigenvalue weighted by molar-refractivity contribution is -0.131. The van der Waals surface area contributed by atoms with Crippen molar-refractivity contribution in [3.05, 3.63) is 34.3 Å². The van der Waals surface area contributed by atoms with E-state index in [1.54, 1.807) is 19.1 Å². The van der Waals surface area contributed by atoms with Gasteiger partial charge in [-0.25, -0.2) is 4.79 Å². The maximum absolute atomic E-state index is 11.9. The average molecular weight is 326 g/mol. The van der Waals surface area contributed by atoms with Gasteiger partial charge in [0.1, 0.15) is 5.75 Å². The zero-order chi connectivity index (χ0) is 14.0. The Morgan fingerprint density at radius 3 is 3.00 bits per heavy atom. The van der Waals surface area contributed by atoms with Crippen LogP contribution in [-0.2, 0) is 9.59 Å². The lowest BCUT2D eigenvalue weighted by Gasteiger charge is -2.29. The van der Waals surface area contributed by atoms with Crippen molar-refractivity contribution < 1.29 is 19.4 Å². The van der Waals surface area contributed by atoms with Gasteiger partial charge in [-0.2, -0.15) is 0 Å². The number of halogens is 1. The largest absolute Gasteiger partial charge is 0.482 e. The standard InChI is InChI=1S/C13H12BrNO4/c1-8(4-13(17)18)6-15-10-5-9(14)2-3-11(10)19-7-12(15)16/h2-5H,6-7H2,1H3,(H,17,18). The number of anilines is 1. The van der Waals surface area contributed by atoms with Gasteiger partial charge in [-0.15, -0.1) is 0 Å². The highest BCUT2D eigenvalue weighted by Gasteiger charge is 2.25. The molecular weight excluding hydrogens is 314 g/mol. The zero-order valence-electron chi connectivity index (χ0n) is 10.2. The number of carboxylic acid groups (broad SMARTS) is 1. The fraction of sp³-hybridized carbons (Fsp3) is 0.231. The van der Waals surface area contributed by atoms with Crippen LogP contribution < -0.4 is 9.64 Å². The summed E-state index contributed by atoms with van der Waals surface area (Å²) in [5, 5.41) is 8.71. The summed E-state index contributed by atoms with van der Waals surface area (Å²) in [7, 11) is 0. The molecule has 0 bridgehead atoms. The third-order valence-corrected chi connectivity index (χ3v) is 3.13. The molecule has 1 aromatic carbocycles. The number of hydrogen-bond acceptors (Lipinski definition) is 3. The lowest BCUT2D eigenvalue weighted by atomic mass is 10.2. The number of nitrogens with zero attached hydrogens (tertiary/aromatic N) is 1. The van der Waals surface area contributed by atoms with E-state index in [0.29, 0.717) is 17.0 Å². The van der Waals surface area contributed by atoms with Crippen LogP contribution in [0.4, 0.5) is 5.69 Å². The molecule has 6 heteroatoms. The molecule has 0 aliphatic carbocycles. The molecular formula is C13H12BrNO4. The minimum Gasteiger partial charge on any atom is -0.482 e. The Hall–Kier alpha value is -1.82. The van der Waals surface area contributed by atoms with Gasteiger partial charge in [-0.05, 0) is 30.7 Å². The first-order valence-electron chi connectivity index (χ1n) is 5.60. The number of rotatable bonds is 3. The number of benzene rings is 1. The smallest absolute Gasteiger partial charge is 0.328 e. The van der Waals surface area contributed by atoms with E-state index in [-0.39, 0.29) is 19.1 Å². The van der Waals surface area contributed by atoms with Crippen molar-refractivity contribution in [2.75, 3.05) is 18.1 Å². The molecule has 1 aliphatic rings. The summed E-state index contributed by atoms with van der Waals surface area (Å²) in [5.74, 6) is -0.595. The molecule has 1 aliphatic heterocycles. The molecule has 0 unspecified atom stereocenters. The van der Waals surface area contributed by atoms with E-state index in [1.165, 1.54) is 4.90 Å². The van der Waals surface area contributed by atoms with Crippen molar-refractivity contribution >= 4 is 33.5 Å². The molecule has 2 rings (SSSR count). The lowest BCUT2D eigenvalue weighted by Crippen LogP contribution is -2.39. The molecule has 1 aromatic rings. The van der Waals surface area contributed by atoms with E-state index in [4.69, 9.17) is 9.84 Å². The van der Waals surface area contributed by atoms with Gasteiger partial charge in [0.05, 0.1) is 5.69 Å². The van der Waals surface area contributed by atoms with Crippen LogP contribution in [-0.4, -0.2) is 30.1 Å². The van der Waals surface area contributed by atoms with Crippen molar-refractivity contribution in [3.63, 3.8) is 0 Å². The molecule has 19 heavy (non-hydrogen) atoms. The fourth-order valence-electron chi connectivity index (χ4n) is 1.85. The van der Waals surface area contributed by atoms with E-state index in [9.17, 15) is 9.59 Å². The van der Waals surface area contributed by atoms with Crippen LogP contribution >= 0.6 is 15.9 Å². The Morgan fingerprint density at radius 2 is 2.32 bits per heavy atom. The van der Waals surface area contributed by atoms with Crippen LogP contribution in [0, 0.1) is 0 Å². The van der Waals surface area contributed by atoms with Gasteiger partial charge < -0.3 is 14.7 Å². The Kier molecular flexibility index (Phi) is 3.90. The minimum absolute atomic E-state index is 0.0328. The van der Waals surface area contributed by atoms with E-state index < -0.39 is 5.97 Å². The molecule has 0 spiro atoms. The highest BCUT2D eigenvalue weighted by molar-refractivity contribution is 9.10. The zero-order valence-corrected chi connectivity index (χ0v) is 11.8. The SMILES string of the molecule is CC(=CC(=O)O)CN1C(=O)COc2ccc(Br)cc21. The second-order valence-corrected chi connectivity index (χ2v) is 5.13. The monoisotopic (exact) mass is 325 g/mol. The predicted molar refractivity (Wildman–Crippen MR) is 73.4 cm³/mol. The first-order chi connectivity index (χ1) is 8.97. The molecule has 0 fully saturated rings. The predicted octanol–water partition coefficient (Wildman–Crippen LogP) is 2.21. The number of carbonyl (C=O) groups excluding carboxylic acids is 1. The minimum atomic E-state index is -1.02. The summed E-state index contributed by atoms with van der Waals surface area (Å²) in [6, 6.07) is 5.38. The Labute approximate surface area is 118 Å². The van der Waals surface area contributed by atoms with E-state index in [2.05, 4.69) is 15.9 Å². The number of hydrogen-bond donors (Lipinski definition) is 1. The maximum atomic E-state index is 11.9. The first-order valence-corrected chi connectivity index (χ1v) is 6.39. The van der Waals surface area contributed by atoms with Crippen molar-refractivity contribution in [1.29, 1.82) is 0 Å². The summed E-state index contributed by atoms with van der Waals surface area (Å²) in [6.45, 7) is 1.88. The van der Waals surface area contributed by atoms with Crippen molar-refractivity contribution in [3.8, 4) is 5.75 Å². The summed E-state index contributed by atoms with van der Waals surface area (Å²) in [4.78, 5) is 24.0. The van der Waals surface area contributed by atoms with Gasteiger partial charge in [0.2, 0.25) is 0 Å². The number of carbonyl (C=O) groups is 2. The molecule has 0 saturated heterocycles. The van der Waals surface area contributed by atoms with Gasteiger partial charge >= 0.3 is 5.97 Å². The third-order valence-electron chi connectivity index (χ3n) is 2.64. The Balaban J connectivity index is 2.33. The van der Waals surface area contributed by atoms with Crippen LogP contribution in [0.3, 0.4) is 0 Å². The van der Waals surface area contributed by atoms with Crippen LogP contribution in [0.2, 0.25) is 0 Å². The number of amides is 1. The number of ether oxygens (including phenoxy) is 1. The second kappa shape index (κ2) is 5.44. The number of carboxylic acids is 1. The van der Waals surface area contributed by atoms with Crippen LogP contribution in [0.5, 0.6) is 5.75 Å². The highest BCUT2D eigenvalue weighted by atomic mass is 79.9. The van der Waals surface area contributed by atoms with E-state index in [1.807, 2.05) is 6.07 Å². The summed E-state index contributed by atoms with van der Waals surface area (Å²) in [5.41, 5.74) is 1.23. The topological polar surface area (TPSA) is 66.8 Å². The summed E-state index contributed by atoms with van der Waals surface area (Å²) < 4.78 is 6.16. The third kappa shape index (κ3) is 3.14. The molecule has 0 aromatic heterocycles. The van der Waals surface area contributed by atoms with Crippen LogP contribution in [0.15, 0.2) is 34.3 Å².